The second-order valence-electron chi connectivity index (χ2n) is 6.77. The first kappa shape index (κ1) is 20.7. The molecule has 7 heteroatoms. The highest BCUT2D eigenvalue weighted by Gasteiger charge is 2.22. The molecule has 6 nitrogen and oxygen atoms in total. The first-order valence-electron chi connectivity index (χ1n) is 9.22. The van der Waals surface area contributed by atoms with E-state index in [0.29, 0.717) is 35.3 Å². The second-order valence-corrected chi connectivity index (χ2v) is 7.80. The summed E-state index contributed by atoms with van der Waals surface area (Å²) >= 11 is 1.33. The van der Waals surface area contributed by atoms with Gasteiger partial charge in [0.1, 0.15) is 5.69 Å². The van der Waals surface area contributed by atoms with E-state index in [1.165, 1.54) is 11.3 Å². The molecule has 2 N–H and O–H groups in total. The van der Waals surface area contributed by atoms with Gasteiger partial charge in [0.05, 0.1) is 19.1 Å². The van der Waals surface area contributed by atoms with E-state index in [2.05, 4.69) is 4.98 Å². The number of carbonyl (C=O) groups is 1. The number of nitrogen functional groups attached to an aromatic ring is 1. The Balaban J connectivity index is 1.76. The maximum Gasteiger partial charge on any atom is 0.273 e. The highest BCUT2D eigenvalue weighted by Crippen LogP contribution is 2.33. The summed E-state index contributed by atoms with van der Waals surface area (Å²) < 4.78 is 10.6. The molecule has 1 aromatic heterocycles. The van der Waals surface area contributed by atoms with Crippen molar-refractivity contribution >= 4 is 22.4 Å². The van der Waals surface area contributed by atoms with Gasteiger partial charge >= 0.3 is 0 Å². The van der Waals surface area contributed by atoms with E-state index in [9.17, 15) is 4.79 Å². The highest BCUT2D eigenvalue weighted by atomic mass is 32.1. The van der Waals surface area contributed by atoms with Gasteiger partial charge in [-0.3, -0.25) is 4.79 Å². The summed E-state index contributed by atoms with van der Waals surface area (Å²) in [4.78, 5) is 19.8. The number of ether oxygens (including phenoxy) is 2. The van der Waals surface area contributed by atoms with E-state index < -0.39 is 0 Å². The summed E-state index contributed by atoms with van der Waals surface area (Å²) in [6, 6.07) is 13.8. The number of aromatic nitrogens is 1. The maximum absolute atomic E-state index is 13.1. The highest BCUT2D eigenvalue weighted by molar-refractivity contribution is 7.19. The number of likely N-dealkylation sites (N-methyl/N-ethyl adjacent to an activating group) is 1. The monoisotopic (exact) mass is 411 g/mol. The third-order valence-electron chi connectivity index (χ3n) is 4.66. The third-order valence-corrected chi connectivity index (χ3v) is 5.59. The number of aryl methyl sites for hydroxylation is 1. The predicted molar refractivity (Wildman–Crippen MR) is 117 cm³/mol. The Kier molecular flexibility index (Phi) is 6.39. The van der Waals surface area contributed by atoms with Crippen LogP contribution in [0.5, 0.6) is 11.5 Å². The largest absolute Gasteiger partial charge is 0.493 e. The van der Waals surface area contributed by atoms with Crippen molar-refractivity contribution in [3.8, 4) is 21.9 Å². The van der Waals surface area contributed by atoms with Gasteiger partial charge in [-0.05, 0) is 36.6 Å². The Labute approximate surface area is 174 Å². The molecule has 3 aromatic rings. The fourth-order valence-electron chi connectivity index (χ4n) is 3.08. The molecule has 2 aromatic carbocycles. The summed E-state index contributed by atoms with van der Waals surface area (Å²) in [7, 11) is 4.99. The van der Waals surface area contributed by atoms with Gasteiger partial charge in [-0.15, -0.1) is 0 Å². The molecule has 0 aliphatic rings. The zero-order valence-corrected chi connectivity index (χ0v) is 17.9. The molecule has 0 atom stereocenters. The molecule has 152 valence electrons. The number of benzene rings is 2. The lowest BCUT2D eigenvalue weighted by molar-refractivity contribution is 0.0792. The van der Waals surface area contributed by atoms with Crippen LogP contribution in [-0.4, -0.2) is 43.6 Å². The number of rotatable bonds is 7. The van der Waals surface area contributed by atoms with Crippen LogP contribution in [0.4, 0.5) is 5.13 Å². The van der Waals surface area contributed by atoms with E-state index in [0.717, 1.165) is 21.6 Å². The molecule has 0 aliphatic heterocycles. The van der Waals surface area contributed by atoms with Crippen molar-refractivity contribution < 1.29 is 14.3 Å². The summed E-state index contributed by atoms with van der Waals surface area (Å²) in [5.74, 6) is 1.21. The van der Waals surface area contributed by atoms with Crippen molar-refractivity contribution in [1.29, 1.82) is 0 Å². The molecule has 0 saturated heterocycles. The lowest BCUT2D eigenvalue weighted by Gasteiger charge is -2.17. The van der Waals surface area contributed by atoms with Crippen LogP contribution in [0.3, 0.4) is 0 Å². The minimum absolute atomic E-state index is 0.144. The van der Waals surface area contributed by atoms with Gasteiger partial charge in [-0.2, -0.15) is 0 Å². The lowest BCUT2D eigenvalue weighted by Crippen LogP contribution is -2.29. The second kappa shape index (κ2) is 8.96. The smallest absolute Gasteiger partial charge is 0.273 e. The number of amides is 1. The fraction of sp³-hybridized carbons (Fsp3) is 0.273. The molecule has 0 unspecified atom stereocenters. The normalized spacial score (nSPS) is 10.6. The van der Waals surface area contributed by atoms with Crippen LogP contribution in [0.15, 0.2) is 42.5 Å². The Morgan fingerprint density at radius 3 is 2.59 bits per heavy atom. The number of nitrogens with two attached hydrogens (primary N) is 1. The third kappa shape index (κ3) is 4.68. The first-order valence-corrected chi connectivity index (χ1v) is 10.0. The quantitative estimate of drug-likeness (QED) is 0.635. The van der Waals surface area contributed by atoms with E-state index in [-0.39, 0.29) is 5.91 Å². The van der Waals surface area contributed by atoms with E-state index in [4.69, 9.17) is 15.2 Å². The number of nitrogens with zero attached hydrogens (tertiary/aromatic N) is 2. The molecule has 0 bridgehead atoms. The number of anilines is 1. The van der Waals surface area contributed by atoms with Crippen molar-refractivity contribution in [3.63, 3.8) is 0 Å². The molecular formula is C22H25N3O3S. The molecule has 0 saturated carbocycles. The summed E-state index contributed by atoms with van der Waals surface area (Å²) in [6.07, 6.45) is 0.683. The topological polar surface area (TPSA) is 77.7 Å². The Morgan fingerprint density at radius 1 is 1.14 bits per heavy atom. The van der Waals surface area contributed by atoms with Gasteiger partial charge < -0.3 is 20.1 Å². The SMILES string of the molecule is COc1ccc(CCN(C)C(=O)c2nc(N)sc2-c2cccc(C)c2)cc1OC. The van der Waals surface area contributed by atoms with Crippen LogP contribution in [-0.2, 0) is 6.42 Å². The molecule has 0 radical (unpaired) electrons. The molecule has 0 spiro atoms. The molecular weight excluding hydrogens is 386 g/mol. The van der Waals surface area contributed by atoms with E-state index >= 15 is 0 Å². The van der Waals surface area contributed by atoms with Crippen LogP contribution in [0.25, 0.3) is 10.4 Å². The maximum atomic E-state index is 13.1. The van der Waals surface area contributed by atoms with Crippen LogP contribution in [0, 0.1) is 6.92 Å². The van der Waals surface area contributed by atoms with Crippen molar-refractivity contribution in [2.24, 2.45) is 0 Å². The molecule has 0 fully saturated rings. The van der Waals surface area contributed by atoms with Crippen LogP contribution in [0.1, 0.15) is 21.6 Å². The van der Waals surface area contributed by atoms with Crippen LogP contribution < -0.4 is 15.2 Å². The summed E-state index contributed by atoms with van der Waals surface area (Å²) in [5.41, 5.74) is 9.45. The van der Waals surface area contributed by atoms with Gasteiger partial charge in [-0.25, -0.2) is 4.98 Å². The molecule has 29 heavy (non-hydrogen) atoms. The summed E-state index contributed by atoms with van der Waals surface area (Å²) in [5, 5.41) is 0.387. The Morgan fingerprint density at radius 2 is 1.90 bits per heavy atom. The van der Waals surface area contributed by atoms with Gasteiger partial charge in [0.25, 0.3) is 5.91 Å². The van der Waals surface area contributed by atoms with E-state index in [1.54, 1.807) is 26.2 Å². The van der Waals surface area contributed by atoms with E-state index in [1.807, 2.05) is 49.4 Å². The molecule has 1 amide bonds. The number of methoxy groups -OCH3 is 2. The minimum atomic E-state index is -0.144. The average Bonchev–Trinajstić information content (AvgIpc) is 3.12. The van der Waals surface area contributed by atoms with Crippen molar-refractivity contribution in [2.45, 2.75) is 13.3 Å². The van der Waals surface area contributed by atoms with Crippen LogP contribution >= 0.6 is 11.3 Å². The Hall–Kier alpha value is -3.06. The summed E-state index contributed by atoms with van der Waals surface area (Å²) in [6.45, 7) is 2.56. The number of hydrogen-bond donors (Lipinski definition) is 1. The molecule has 1 heterocycles. The van der Waals surface area contributed by atoms with Crippen molar-refractivity contribution in [2.75, 3.05) is 33.5 Å². The lowest BCUT2D eigenvalue weighted by atomic mass is 10.1. The zero-order chi connectivity index (χ0) is 21.0. The number of carbonyl (C=O) groups excluding carboxylic acids is 1. The van der Waals surface area contributed by atoms with Crippen LogP contribution in [0.2, 0.25) is 0 Å². The minimum Gasteiger partial charge on any atom is -0.493 e. The number of hydrogen-bond acceptors (Lipinski definition) is 6. The van der Waals surface area contributed by atoms with Crippen molar-refractivity contribution in [1.82, 2.24) is 9.88 Å². The Bertz CT molecular complexity index is 1020. The number of thiazole rings is 1. The van der Waals surface area contributed by atoms with Crippen molar-refractivity contribution in [3.05, 3.63) is 59.3 Å². The fourth-order valence-corrected chi connectivity index (χ4v) is 3.90. The van der Waals surface area contributed by atoms with Gasteiger partial charge in [0.2, 0.25) is 0 Å². The standard InChI is InChI=1S/C22H25N3O3S/c1-14-6-5-7-16(12-14)20-19(24-22(23)29-20)21(26)25(2)11-10-15-8-9-17(27-3)18(13-15)28-4/h5-9,12-13H,10-11H2,1-4H3,(H2,23,24). The zero-order valence-electron chi connectivity index (χ0n) is 17.1. The molecule has 0 aliphatic carbocycles. The first-order chi connectivity index (χ1) is 13.9. The average molecular weight is 412 g/mol. The van der Waals surface area contributed by atoms with Gasteiger partial charge in [0.15, 0.2) is 16.6 Å². The van der Waals surface area contributed by atoms with Gasteiger partial charge in [0, 0.05) is 13.6 Å². The molecule has 3 rings (SSSR count). The van der Waals surface area contributed by atoms with Gasteiger partial charge in [-0.1, -0.05) is 47.2 Å². The predicted octanol–water partition coefficient (Wildman–Crippen LogP) is 4.03.